The molecule has 0 saturated carbocycles. The first-order valence-corrected chi connectivity index (χ1v) is 21.2. The molecule has 3 aromatic carbocycles. The van der Waals surface area contributed by atoms with Crippen LogP contribution in [0.4, 0.5) is 11.4 Å². The number of anilines is 2. The van der Waals surface area contributed by atoms with E-state index in [2.05, 4.69) is 32.2 Å². The van der Waals surface area contributed by atoms with Gasteiger partial charge in [-0.05, 0) is 67.1 Å². The number of piperidine rings is 1. The van der Waals surface area contributed by atoms with Crippen molar-refractivity contribution in [3.8, 4) is 5.75 Å². The fraction of sp³-hybridized carbons (Fsp3) is 0.475. The standard InChI is InChI=1S/C40H49N3O6Si/c1-27-38(50(3,4)32-18-16-31(48-2)17-19-32)35(24-37(46)42-22-10-13-30(42)26-44)49-40(27)33-23-29(41-21-9-8-14-36(41)45)15-20-34(33)43(39(40)47)25-28-11-6-5-7-12-28/h5-7,11-12,15-20,23,27,30,35,38,44H,8-10,13-14,21-22,24-26H2,1-4H3/t27-,30+,35+,38-,40+/m1/s1. The van der Waals surface area contributed by atoms with E-state index < -0.39 is 19.8 Å². The van der Waals surface area contributed by atoms with Crippen molar-refractivity contribution in [3.05, 3.63) is 83.9 Å². The number of hydrogen-bond acceptors (Lipinski definition) is 6. The lowest BCUT2D eigenvalue weighted by Gasteiger charge is -2.37. The van der Waals surface area contributed by atoms with Gasteiger partial charge in [-0.25, -0.2) is 0 Å². The smallest absolute Gasteiger partial charge is 0.264 e. The summed E-state index contributed by atoms with van der Waals surface area (Å²) in [4.78, 5) is 47.9. The van der Waals surface area contributed by atoms with Crippen LogP contribution >= 0.6 is 0 Å². The number of amides is 3. The molecule has 9 nitrogen and oxygen atoms in total. The molecule has 0 bridgehead atoms. The number of fused-ring (bicyclic) bond motifs is 2. The average molecular weight is 696 g/mol. The Labute approximate surface area is 296 Å². The Morgan fingerprint density at radius 3 is 2.46 bits per heavy atom. The first-order valence-electron chi connectivity index (χ1n) is 18.1. The number of aliphatic hydroxyl groups excluding tert-OH is 1. The highest BCUT2D eigenvalue weighted by Crippen LogP contribution is 2.60. The molecule has 4 aliphatic rings. The highest BCUT2D eigenvalue weighted by Gasteiger charge is 2.66. The van der Waals surface area contributed by atoms with Gasteiger partial charge >= 0.3 is 0 Å². The molecule has 4 aliphatic heterocycles. The number of rotatable bonds is 9. The summed E-state index contributed by atoms with van der Waals surface area (Å²) in [5.41, 5.74) is 1.90. The number of nitrogens with zero attached hydrogens (tertiary/aromatic N) is 3. The van der Waals surface area contributed by atoms with Gasteiger partial charge in [0, 0.05) is 36.7 Å². The molecule has 0 aromatic heterocycles. The Hall–Kier alpha value is -3.99. The zero-order valence-electron chi connectivity index (χ0n) is 29.6. The van der Waals surface area contributed by atoms with E-state index in [4.69, 9.17) is 9.47 Å². The Bertz CT molecular complexity index is 1750. The molecule has 1 spiro atoms. The monoisotopic (exact) mass is 695 g/mol. The van der Waals surface area contributed by atoms with Gasteiger partial charge in [0.25, 0.3) is 5.91 Å². The lowest BCUT2D eigenvalue weighted by atomic mass is 9.82. The van der Waals surface area contributed by atoms with Crippen molar-refractivity contribution in [2.24, 2.45) is 5.92 Å². The summed E-state index contributed by atoms with van der Waals surface area (Å²) in [6, 6.07) is 23.9. The maximum Gasteiger partial charge on any atom is 0.264 e. The van der Waals surface area contributed by atoms with E-state index in [1.54, 1.807) is 7.11 Å². The highest BCUT2D eigenvalue weighted by atomic mass is 28.3. The zero-order chi connectivity index (χ0) is 35.2. The summed E-state index contributed by atoms with van der Waals surface area (Å²) in [5, 5.41) is 11.3. The van der Waals surface area contributed by atoms with Crippen molar-refractivity contribution >= 4 is 42.4 Å². The molecule has 264 valence electrons. The number of carbonyl (C=O) groups excluding carboxylic acids is 3. The fourth-order valence-corrected chi connectivity index (χ4v) is 13.3. The molecule has 3 saturated heterocycles. The van der Waals surface area contributed by atoms with Gasteiger partial charge in [0.1, 0.15) is 5.75 Å². The van der Waals surface area contributed by atoms with Gasteiger partial charge in [0.2, 0.25) is 11.8 Å². The van der Waals surface area contributed by atoms with Gasteiger partial charge in [-0.3, -0.25) is 14.4 Å². The molecule has 3 fully saturated rings. The molecule has 4 heterocycles. The Kier molecular flexibility index (Phi) is 9.38. The Morgan fingerprint density at radius 2 is 1.76 bits per heavy atom. The second kappa shape index (κ2) is 13.6. The van der Waals surface area contributed by atoms with E-state index in [1.807, 2.05) is 75.4 Å². The zero-order valence-corrected chi connectivity index (χ0v) is 30.6. The molecule has 10 heteroatoms. The molecule has 3 amide bonds. The summed E-state index contributed by atoms with van der Waals surface area (Å²) in [7, 11) is -0.817. The van der Waals surface area contributed by atoms with E-state index in [-0.39, 0.29) is 48.3 Å². The van der Waals surface area contributed by atoms with Gasteiger partial charge in [-0.1, -0.05) is 67.7 Å². The predicted molar refractivity (Wildman–Crippen MR) is 196 cm³/mol. The van der Waals surface area contributed by atoms with E-state index in [1.165, 1.54) is 5.19 Å². The fourth-order valence-electron chi connectivity index (χ4n) is 9.31. The lowest BCUT2D eigenvalue weighted by Crippen LogP contribution is -2.52. The Morgan fingerprint density at radius 1 is 1.00 bits per heavy atom. The van der Waals surface area contributed by atoms with Crippen LogP contribution in [0, 0.1) is 5.92 Å². The molecule has 0 radical (unpaired) electrons. The Balaban J connectivity index is 1.35. The third-order valence-corrected chi connectivity index (χ3v) is 16.3. The van der Waals surface area contributed by atoms with Crippen LogP contribution in [-0.2, 0) is 31.3 Å². The van der Waals surface area contributed by atoms with Crippen molar-refractivity contribution in [3.63, 3.8) is 0 Å². The summed E-state index contributed by atoms with van der Waals surface area (Å²) in [6.45, 7) is 8.33. The summed E-state index contributed by atoms with van der Waals surface area (Å²) in [6.07, 6.45) is 3.55. The predicted octanol–water partition coefficient (Wildman–Crippen LogP) is 5.35. The maximum atomic E-state index is 15.2. The van der Waals surface area contributed by atoms with Crippen molar-refractivity contribution in [2.75, 3.05) is 36.6 Å². The van der Waals surface area contributed by atoms with E-state index in [0.29, 0.717) is 26.1 Å². The van der Waals surface area contributed by atoms with Crippen LogP contribution in [0.1, 0.15) is 56.6 Å². The van der Waals surface area contributed by atoms with Gasteiger partial charge in [0.05, 0.1) is 52.6 Å². The molecule has 0 unspecified atom stereocenters. The largest absolute Gasteiger partial charge is 0.497 e. The van der Waals surface area contributed by atoms with Crippen molar-refractivity contribution < 1.29 is 29.0 Å². The van der Waals surface area contributed by atoms with Crippen LogP contribution < -0.4 is 19.7 Å². The maximum absolute atomic E-state index is 15.2. The van der Waals surface area contributed by atoms with Crippen molar-refractivity contribution in [1.82, 2.24) is 4.90 Å². The second-order valence-electron chi connectivity index (χ2n) is 15.0. The molecule has 50 heavy (non-hydrogen) atoms. The van der Waals surface area contributed by atoms with Crippen LogP contribution in [0.5, 0.6) is 5.75 Å². The van der Waals surface area contributed by atoms with Crippen molar-refractivity contribution in [2.45, 2.75) is 88.4 Å². The normalized spacial score (nSPS) is 26.6. The van der Waals surface area contributed by atoms with Crippen LogP contribution in [0.15, 0.2) is 72.8 Å². The minimum atomic E-state index is -2.47. The molecule has 0 aliphatic carbocycles. The van der Waals surface area contributed by atoms with E-state index >= 15 is 4.79 Å². The van der Waals surface area contributed by atoms with Crippen LogP contribution in [0.25, 0.3) is 0 Å². The molecule has 7 rings (SSSR count). The van der Waals surface area contributed by atoms with Gasteiger partial charge in [0.15, 0.2) is 5.60 Å². The molecular weight excluding hydrogens is 647 g/mol. The quantitative estimate of drug-likeness (QED) is 0.303. The average Bonchev–Trinajstić information content (AvgIpc) is 3.79. The molecule has 5 atom stereocenters. The SMILES string of the molecule is COc1ccc([Si](C)(C)[C@H]2[C@H](CC(=O)N3CCC[C@H]3CO)O[C@@]3(C(=O)N(Cc4ccccc4)c4ccc(N5CCCCC5=O)cc43)[C@@H]2C)cc1. The number of hydrogen-bond donors (Lipinski definition) is 1. The molecular formula is C40H49N3O6Si. The summed E-state index contributed by atoms with van der Waals surface area (Å²) >= 11 is 0. The van der Waals surface area contributed by atoms with Gasteiger partial charge in [-0.2, -0.15) is 0 Å². The number of aliphatic hydroxyl groups is 1. The minimum Gasteiger partial charge on any atom is -0.497 e. The van der Waals surface area contributed by atoms with Crippen LogP contribution in [0.3, 0.4) is 0 Å². The topological polar surface area (TPSA) is 99.6 Å². The number of ether oxygens (including phenoxy) is 2. The third kappa shape index (κ3) is 5.75. The van der Waals surface area contributed by atoms with Gasteiger partial charge < -0.3 is 29.3 Å². The van der Waals surface area contributed by atoms with E-state index in [9.17, 15) is 14.7 Å². The lowest BCUT2D eigenvalue weighted by molar-refractivity contribution is -0.150. The van der Waals surface area contributed by atoms with Crippen LogP contribution in [-0.4, -0.2) is 74.8 Å². The first kappa shape index (κ1) is 34.5. The van der Waals surface area contributed by atoms with E-state index in [0.717, 1.165) is 53.9 Å². The van der Waals surface area contributed by atoms with Gasteiger partial charge in [-0.15, -0.1) is 0 Å². The van der Waals surface area contributed by atoms with Crippen molar-refractivity contribution in [1.29, 1.82) is 0 Å². The molecule has 1 N–H and O–H groups in total. The number of likely N-dealkylation sites (tertiary alicyclic amines) is 1. The highest BCUT2D eigenvalue weighted by molar-refractivity contribution is 6.91. The van der Waals surface area contributed by atoms with Crippen LogP contribution in [0.2, 0.25) is 18.6 Å². The number of carbonyl (C=O) groups is 3. The molecule has 3 aromatic rings. The second-order valence-corrected chi connectivity index (χ2v) is 19.7. The first-order chi connectivity index (χ1) is 24.1. The number of methoxy groups -OCH3 is 1. The third-order valence-electron chi connectivity index (χ3n) is 11.9. The summed E-state index contributed by atoms with van der Waals surface area (Å²) in [5.74, 6) is 0.419. The summed E-state index contributed by atoms with van der Waals surface area (Å²) < 4.78 is 12.7. The number of benzene rings is 3. The minimum absolute atomic E-state index is 0.0418.